The van der Waals surface area contributed by atoms with Gasteiger partial charge in [0.1, 0.15) is 0 Å². The molecule has 2 aliphatic heterocycles. The van der Waals surface area contributed by atoms with Crippen molar-refractivity contribution in [1.82, 2.24) is 14.9 Å². The third-order valence-corrected chi connectivity index (χ3v) is 8.84. The Morgan fingerprint density at radius 2 is 1.50 bits per heavy atom. The van der Waals surface area contributed by atoms with E-state index in [0.717, 1.165) is 28.6 Å². The highest BCUT2D eigenvalue weighted by Gasteiger charge is 2.20. The minimum atomic E-state index is -0.286. The second-order valence-corrected chi connectivity index (χ2v) is 12.3. The Bertz CT molecular complexity index is 2080. The number of carbonyl (C=O) groups excluding carboxylic acids is 2. The quantitative estimate of drug-likeness (QED) is 0.161. The lowest BCUT2D eigenvalue weighted by Gasteiger charge is -2.15. The van der Waals surface area contributed by atoms with E-state index in [1.54, 1.807) is 36.4 Å². The molecule has 0 aliphatic carbocycles. The summed E-state index contributed by atoms with van der Waals surface area (Å²) < 4.78 is 23.3. The molecular formula is C35H31N5O7S. The van der Waals surface area contributed by atoms with Crippen LogP contribution in [-0.4, -0.2) is 54.8 Å². The summed E-state index contributed by atoms with van der Waals surface area (Å²) in [5, 5.41) is 6.56. The van der Waals surface area contributed by atoms with E-state index < -0.39 is 0 Å². The van der Waals surface area contributed by atoms with Gasteiger partial charge in [-0.1, -0.05) is 30.0 Å². The molecule has 244 valence electrons. The van der Waals surface area contributed by atoms with Crippen LogP contribution in [0.5, 0.6) is 23.0 Å². The zero-order valence-corrected chi connectivity index (χ0v) is 27.0. The number of anilines is 2. The van der Waals surface area contributed by atoms with E-state index in [0.29, 0.717) is 56.9 Å². The fraction of sp³-hybridized carbons (Fsp3) is 0.200. The maximum absolute atomic E-state index is 13.9. The summed E-state index contributed by atoms with van der Waals surface area (Å²) in [5.74, 6) is 1.88. The molecule has 2 N–H and O–H groups in total. The van der Waals surface area contributed by atoms with Crippen LogP contribution >= 0.6 is 11.8 Å². The fourth-order valence-electron chi connectivity index (χ4n) is 5.29. The number of thioether (sulfide) groups is 1. The van der Waals surface area contributed by atoms with E-state index in [1.807, 2.05) is 61.5 Å². The highest BCUT2D eigenvalue weighted by atomic mass is 32.2. The molecule has 4 aromatic carbocycles. The second-order valence-electron chi connectivity index (χ2n) is 11.4. The van der Waals surface area contributed by atoms with E-state index in [2.05, 4.69) is 10.6 Å². The van der Waals surface area contributed by atoms with Crippen LogP contribution in [0.2, 0.25) is 0 Å². The lowest BCUT2D eigenvalue weighted by molar-refractivity contribution is -0.113. The van der Waals surface area contributed by atoms with Gasteiger partial charge in [0.25, 0.3) is 11.5 Å². The van der Waals surface area contributed by atoms with Crippen LogP contribution in [0, 0.1) is 0 Å². The van der Waals surface area contributed by atoms with Crippen LogP contribution in [0.15, 0.2) is 88.8 Å². The van der Waals surface area contributed by atoms with Crippen LogP contribution in [0.3, 0.4) is 0 Å². The normalized spacial score (nSPS) is 12.6. The predicted molar refractivity (Wildman–Crippen MR) is 182 cm³/mol. The van der Waals surface area contributed by atoms with Crippen molar-refractivity contribution < 1.29 is 28.5 Å². The number of amides is 2. The van der Waals surface area contributed by atoms with Gasteiger partial charge in [-0.15, -0.1) is 0 Å². The Kier molecular flexibility index (Phi) is 8.51. The van der Waals surface area contributed by atoms with Crippen molar-refractivity contribution in [3.63, 3.8) is 0 Å². The monoisotopic (exact) mass is 665 g/mol. The molecule has 7 rings (SSSR count). The van der Waals surface area contributed by atoms with Gasteiger partial charge < -0.3 is 34.5 Å². The molecule has 3 heterocycles. The maximum atomic E-state index is 13.9. The average Bonchev–Trinajstić information content (AvgIpc) is 3.76. The van der Waals surface area contributed by atoms with E-state index in [9.17, 15) is 14.4 Å². The van der Waals surface area contributed by atoms with Crippen LogP contribution in [0.1, 0.15) is 21.5 Å². The zero-order chi connectivity index (χ0) is 33.2. The predicted octanol–water partition coefficient (Wildman–Crippen LogP) is 4.63. The van der Waals surface area contributed by atoms with Crippen molar-refractivity contribution in [2.24, 2.45) is 0 Å². The number of nitrogens with zero attached hydrogens (tertiary/aromatic N) is 3. The minimum absolute atomic E-state index is 0.0282. The molecule has 48 heavy (non-hydrogen) atoms. The van der Waals surface area contributed by atoms with Crippen molar-refractivity contribution in [2.45, 2.75) is 18.2 Å². The van der Waals surface area contributed by atoms with Crippen molar-refractivity contribution in [2.75, 3.05) is 43.7 Å². The van der Waals surface area contributed by atoms with Gasteiger partial charge in [-0.3, -0.25) is 19.0 Å². The molecule has 12 nitrogen and oxygen atoms in total. The Morgan fingerprint density at radius 1 is 0.833 bits per heavy atom. The highest BCUT2D eigenvalue weighted by molar-refractivity contribution is 7.99. The summed E-state index contributed by atoms with van der Waals surface area (Å²) in [5.41, 5.74) is 3.98. The highest BCUT2D eigenvalue weighted by Crippen LogP contribution is 2.35. The Balaban J connectivity index is 1.08. The molecule has 0 saturated carbocycles. The van der Waals surface area contributed by atoms with Gasteiger partial charge in [-0.05, 0) is 65.7 Å². The molecule has 5 aromatic rings. The lowest BCUT2D eigenvalue weighted by Crippen LogP contribution is -2.25. The van der Waals surface area contributed by atoms with Crippen molar-refractivity contribution in [3.8, 4) is 23.0 Å². The first-order chi connectivity index (χ1) is 23.3. The Morgan fingerprint density at radius 3 is 2.23 bits per heavy atom. The summed E-state index contributed by atoms with van der Waals surface area (Å²) >= 11 is 1.16. The van der Waals surface area contributed by atoms with Gasteiger partial charge >= 0.3 is 0 Å². The van der Waals surface area contributed by atoms with Crippen LogP contribution in [0.4, 0.5) is 11.4 Å². The first-order valence-electron chi connectivity index (χ1n) is 15.1. The molecule has 0 fully saturated rings. The number of ether oxygens (including phenoxy) is 4. The minimum Gasteiger partial charge on any atom is -0.454 e. The number of aromatic nitrogens is 2. The first-order valence-corrected chi connectivity index (χ1v) is 16.1. The standard InChI is InChI=1S/C35H31N5O7S/c1-39(2)25-10-8-24(9-11-25)37-32(41)18-48-35-38-27-15-31-30(46-20-47-31)14-26(27)34(43)40(35)17-21-3-6-23(7-4-21)33(42)36-16-22-5-12-28-29(13-22)45-19-44-28/h3-15H,16-20H2,1-2H3,(H,36,42)(H,37,41). The number of nitrogens with one attached hydrogen (secondary N) is 2. The molecule has 0 unspecified atom stereocenters. The second kappa shape index (κ2) is 13.2. The molecule has 0 spiro atoms. The van der Waals surface area contributed by atoms with Gasteiger partial charge in [0, 0.05) is 43.6 Å². The summed E-state index contributed by atoms with van der Waals surface area (Å²) in [4.78, 5) is 46.4. The molecule has 2 amide bonds. The molecule has 1 aromatic heterocycles. The van der Waals surface area contributed by atoms with Gasteiger partial charge in [0.15, 0.2) is 28.2 Å². The summed E-state index contributed by atoms with van der Waals surface area (Å²) in [6, 6.07) is 23.4. The van der Waals surface area contributed by atoms with E-state index in [4.69, 9.17) is 23.9 Å². The van der Waals surface area contributed by atoms with Gasteiger partial charge in [-0.2, -0.15) is 0 Å². The number of hydrogen-bond donors (Lipinski definition) is 2. The zero-order valence-electron chi connectivity index (χ0n) is 26.1. The molecular weight excluding hydrogens is 634 g/mol. The van der Waals surface area contributed by atoms with E-state index in [-0.39, 0.29) is 43.3 Å². The molecule has 0 bridgehead atoms. The molecule has 0 saturated heterocycles. The van der Waals surface area contributed by atoms with E-state index in [1.165, 1.54) is 4.57 Å². The average molecular weight is 666 g/mol. The number of benzene rings is 4. The topological polar surface area (TPSA) is 133 Å². The van der Waals surface area contributed by atoms with Gasteiger partial charge in [-0.25, -0.2) is 4.98 Å². The number of rotatable bonds is 10. The molecule has 0 radical (unpaired) electrons. The molecule has 0 atom stereocenters. The summed E-state index contributed by atoms with van der Waals surface area (Å²) in [6.45, 7) is 0.745. The fourth-order valence-corrected chi connectivity index (χ4v) is 6.09. The largest absolute Gasteiger partial charge is 0.454 e. The number of fused-ring (bicyclic) bond motifs is 3. The van der Waals surface area contributed by atoms with Gasteiger partial charge in [0.2, 0.25) is 19.5 Å². The summed E-state index contributed by atoms with van der Waals surface area (Å²) in [6.07, 6.45) is 0. The van der Waals surface area contributed by atoms with Gasteiger partial charge in [0.05, 0.1) is 23.2 Å². The van der Waals surface area contributed by atoms with Crippen LogP contribution in [-0.2, 0) is 17.9 Å². The van der Waals surface area contributed by atoms with Crippen LogP contribution in [0.25, 0.3) is 10.9 Å². The van der Waals surface area contributed by atoms with E-state index >= 15 is 0 Å². The third kappa shape index (κ3) is 6.58. The van der Waals surface area contributed by atoms with Crippen molar-refractivity contribution in [3.05, 3.63) is 106 Å². The van der Waals surface area contributed by atoms with Crippen molar-refractivity contribution in [1.29, 1.82) is 0 Å². The SMILES string of the molecule is CN(C)c1ccc(NC(=O)CSc2nc3cc4c(cc3c(=O)n2Cc2ccc(C(=O)NCc3ccc5c(c3)OCO5)cc2)OCO4)cc1. The first kappa shape index (κ1) is 30.9. The smallest absolute Gasteiger partial charge is 0.262 e. The number of carbonyl (C=O) groups is 2. The number of hydrogen-bond acceptors (Lipinski definition) is 10. The Labute approximate surface area is 279 Å². The molecule has 2 aliphatic rings. The summed E-state index contributed by atoms with van der Waals surface area (Å²) in [7, 11) is 3.89. The molecule has 13 heteroatoms. The van der Waals surface area contributed by atoms with Crippen LogP contribution < -0.4 is 40.0 Å². The van der Waals surface area contributed by atoms with Crippen molar-refractivity contribution >= 4 is 45.9 Å². The third-order valence-electron chi connectivity index (χ3n) is 7.86. The lowest BCUT2D eigenvalue weighted by atomic mass is 10.1. The maximum Gasteiger partial charge on any atom is 0.262 e. The Hall–Kier alpha value is -5.69.